The summed E-state index contributed by atoms with van der Waals surface area (Å²) in [6.45, 7) is 8.93. The van der Waals surface area contributed by atoms with Gasteiger partial charge < -0.3 is 11.1 Å². The maximum atomic E-state index is 12.2. The van der Waals surface area contributed by atoms with E-state index >= 15 is 0 Å². The highest BCUT2D eigenvalue weighted by atomic mass is 32.1. The molecule has 2 rings (SSSR count). The summed E-state index contributed by atoms with van der Waals surface area (Å²) in [5.41, 5.74) is 9.07. The molecule has 0 unspecified atom stereocenters. The van der Waals surface area contributed by atoms with Gasteiger partial charge in [0.25, 0.3) is 5.91 Å². The molecule has 5 heteroatoms. The summed E-state index contributed by atoms with van der Waals surface area (Å²) in [4.78, 5) is 16.8. The van der Waals surface area contributed by atoms with Crippen LogP contribution in [0.4, 0.5) is 5.69 Å². The zero-order valence-electron chi connectivity index (χ0n) is 13.6. The average molecular weight is 317 g/mol. The molecule has 1 heterocycles. The van der Waals surface area contributed by atoms with Crippen LogP contribution in [-0.4, -0.2) is 17.4 Å². The lowest BCUT2D eigenvalue weighted by molar-refractivity contribution is 0.0953. The molecule has 2 aromatic rings. The second-order valence-corrected chi connectivity index (χ2v) is 7.40. The van der Waals surface area contributed by atoms with Gasteiger partial charge in [-0.05, 0) is 24.6 Å². The second kappa shape index (κ2) is 6.48. The smallest absolute Gasteiger partial charge is 0.251 e. The fraction of sp³-hybridized carbons (Fsp3) is 0.412. The first kappa shape index (κ1) is 16.5. The molecule has 0 saturated carbocycles. The van der Waals surface area contributed by atoms with E-state index in [9.17, 15) is 4.79 Å². The van der Waals surface area contributed by atoms with Crippen molar-refractivity contribution in [2.45, 2.75) is 39.5 Å². The molecule has 0 aliphatic rings. The Labute approximate surface area is 135 Å². The first-order valence-electron chi connectivity index (χ1n) is 7.36. The van der Waals surface area contributed by atoms with Crippen LogP contribution in [0.2, 0.25) is 0 Å². The average Bonchev–Trinajstić information content (AvgIpc) is 2.90. The molecule has 22 heavy (non-hydrogen) atoms. The number of nitrogen functional groups attached to an aromatic ring is 1. The maximum absolute atomic E-state index is 12.2. The van der Waals surface area contributed by atoms with E-state index in [2.05, 4.69) is 36.5 Å². The number of anilines is 1. The molecule has 0 saturated heterocycles. The van der Waals surface area contributed by atoms with Crippen LogP contribution < -0.4 is 11.1 Å². The van der Waals surface area contributed by atoms with Crippen molar-refractivity contribution in [2.75, 3.05) is 12.3 Å². The SMILES string of the molecule is Cc1ccc(N)cc1C(=O)NCCc1nc(C(C)(C)C)cs1. The lowest BCUT2D eigenvalue weighted by atomic mass is 9.93. The van der Waals surface area contributed by atoms with Gasteiger partial charge in [0.05, 0.1) is 10.7 Å². The Kier molecular flexibility index (Phi) is 4.86. The van der Waals surface area contributed by atoms with Crippen molar-refractivity contribution in [2.24, 2.45) is 0 Å². The number of nitrogens with two attached hydrogens (primary N) is 1. The van der Waals surface area contributed by atoms with Gasteiger partial charge in [0.15, 0.2) is 0 Å². The highest BCUT2D eigenvalue weighted by Crippen LogP contribution is 2.23. The second-order valence-electron chi connectivity index (χ2n) is 6.46. The molecular formula is C17H23N3OS. The van der Waals surface area contributed by atoms with E-state index in [-0.39, 0.29) is 11.3 Å². The predicted octanol–water partition coefficient (Wildman–Crippen LogP) is 3.30. The monoisotopic (exact) mass is 317 g/mol. The fourth-order valence-corrected chi connectivity index (χ4v) is 3.06. The summed E-state index contributed by atoms with van der Waals surface area (Å²) >= 11 is 1.65. The van der Waals surface area contributed by atoms with Crippen molar-refractivity contribution >= 4 is 22.9 Å². The van der Waals surface area contributed by atoms with Gasteiger partial charge in [-0.15, -0.1) is 11.3 Å². The summed E-state index contributed by atoms with van der Waals surface area (Å²) in [6.07, 6.45) is 0.744. The fourth-order valence-electron chi connectivity index (χ4n) is 2.03. The number of benzene rings is 1. The minimum atomic E-state index is -0.0857. The lowest BCUT2D eigenvalue weighted by Crippen LogP contribution is -2.26. The number of thiazole rings is 1. The van der Waals surface area contributed by atoms with E-state index in [1.165, 1.54) is 0 Å². The Bertz CT molecular complexity index is 671. The van der Waals surface area contributed by atoms with Gasteiger partial charge >= 0.3 is 0 Å². The van der Waals surface area contributed by atoms with Crippen LogP contribution in [0.1, 0.15) is 47.4 Å². The summed E-state index contributed by atoms with van der Waals surface area (Å²) in [6, 6.07) is 5.38. The third kappa shape index (κ3) is 4.07. The van der Waals surface area contributed by atoms with Gasteiger partial charge in [0.2, 0.25) is 0 Å². The van der Waals surface area contributed by atoms with E-state index in [0.717, 1.165) is 22.7 Å². The van der Waals surface area contributed by atoms with Crippen LogP contribution in [-0.2, 0) is 11.8 Å². The van der Waals surface area contributed by atoms with E-state index < -0.39 is 0 Å². The highest BCUT2D eigenvalue weighted by molar-refractivity contribution is 7.09. The van der Waals surface area contributed by atoms with Crippen LogP contribution in [0.25, 0.3) is 0 Å². The summed E-state index contributed by atoms with van der Waals surface area (Å²) in [7, 11) is 0. The number of nitrogens with zero attached hydrogens (tertiary/aromatic N) is 1. The van der Waals surface area contributed by atoms with Crippen molar-refractivity contribution in [3.05, 3.63) is 45.4 Å². The molecule has 4 nitrogen and oxygen atoms in total. The van der Waals surface area contributed by atoms with Crippen LogP contribution in [0.5, 0.6) is 0 Å². The quantitative estimate of drug-likeness (QED) is 0.850. The molecule has 0 fully saturated rings. The first-order chi connectivity index (χ1) is 10.3. The topological polar surface area (TPSA) is 68.0 Å². The Hall–Kier alpha value is -1.88. The first-order valence-corrected chi connectivity index (χ1v) is 8.24. The van der Waals surface area contributed by atoms with Crippen molar-refractivity contribution in [1.29, 1.82) is 0 Å². The van der Waals surface area contributed by atoms with E-state index in [1.807, 2.05) is 13.0 Å². The molecule has 0 radical (unpaired) electrons. The van der Waals surface area contributed by atoms with Gasteiger partial charge in [-0.1, -0.05) is 26.8 Å². The molecule has 118 valence electrons. The third-order valence-corrected chi connectivity index (χ3v) is 4.36. The van der Waals surface area contributed by atoms with Crippen LogP contribution in [0, 0.1) is 6.92 Å². The summed E-state index contributed by atoms with van der Waals surface area (Å²) in [5, 5.41) is 6.08. The lowest BCUT2D eigenvalue weighted by Gasteiger charge is -2.14. The Morgan fingerprint density at radius 3 is 2.73 bits per heavy atom. The van der Waals surface area contributed by atoms with Crippen molar-refractivity contribution in [3.63, 3.8) is 0 Å². The number of carbonyl (C=O) groups is 1. The number of amides is 1. The number of hydrogen-bond donors (Lipinski definition) is 2. The summed E-state index contributed by atoms with van der Waals surface area (Å²) in [5.74, 6) is -0.0857. The van der Waals surface area contributed by atoms with Gasteiger partial charge in [0.1, 0.15) is 0 Å². The minimum absolute atomic E-state index is 0.0661. The molecular weight excluding hydrogens is 294 g/mol. The normalized spacial score (nSPS) is 11.5. The molecule has 1 aromatic carbocycles. The summed E-state index contributed by atoms with van der Waals surface area (Å²) < 4.78 is 0. The van der Waals surface area contributed by atoms with E-state index in [0.29, 0.717) is 17.8 Å². The molecule has 1 aromatic heterocycles. The van der Waals surface area contributed by atoms with Crippen LogP contribution in [0.3, 0.4) is 0 Å². The van der Waals surface area contributed by atoms with Crippen molar-refractivity contribution < 1.29 is 4.79 Å². The largest absolute Gasteiger partial charge is 0.399 e. The highest BCUT2D eigenvalue weighted by Gasteiger charge is 2.17. The van der Waals surface area contributed by atoms with Gasteiger partial charge in [0, 0.05) is 35.0 Å². The standard InChI is InChI=1S/C17H23N3OS/c1-11-5-6-12(18)9-13(11)16(21)19-8-7-15-20-14(10-22-15)17(2,3)4/h5-6,9-10H,7-8,18H2,1-4H3,(H,19,21). The predicted molar refractivity (Wildman–Crippen MR) is 92.4 cm³/mol. The van der Waals surface area contributed by atoms with Gasteiger partial charge in [-0.25, -0.2) is 4.98 Å². The molecule has 1 amide bonds. The van der Waals surface area contributed by atoms with Crippen molar-refractivity contribution in [3.8, 4) is 0 Å². The van der Waals surface area contributed by atoms with E-state index in [4.69, 9.17) is 5.73 Å². The molecule has 3 N–H and O–H groups in total. The number of aromatic nitrogens is 1. The third-order valence-electron chi connectivity index (χ3n) is 3.45. The molecule has 0 aliphatic carbocycles. The Balaban J connectivity index is 1.92. The van der Waals surface area contributed by atoms with Gasteiger partial charge in [-0.2, -0.15) is 0 Å². The minimum Gasteiger partial charge on any atom is -0.399 e. The molecule has 0 atom stereocenters. The number of nitrogens with one attached hydrogen (secondary N) is 1. The zero-order chi connectivity index (χ0) is 16.3. The number of carbonyl (C=O) groups excluding carboxylic acids is 1. The Morgan fingerprint density at radius 2 is 2.09 bits per heavy atom. The van der Waals surface area contributed by atoms with Crippen LogP contribution in [0.15, 0.2) is 23.6 Å². The van der Waals surface area contributed by atoms with Crippen molar-refractivity contribution in [1.82, 2.24) is 10.3 Å². The molecule has 0 bridgehead atoms. The number of rotatable bonds is 4. The molecule has 0 spiro atoms. The van der Waals surface area contributed by atoms with Crippen LogP contribution >= 0.6 is 11.3 Å². The maximum Gasteiger partial charge on any atom is 0.251 e. The Morgan fingerprint density at radius 1 is 1.36 bits per heavy atom. The number of hydrogen-bond acceptors (Lipinski definition) is 4. The number of aryl methyl sites for hydroxylation is 1. The van der Waals surface area contributed by atoms with E-state index in [1.54, 1.807) is 23.5 Å². The van der Waals surface area contributed by atoms with Gasteiger partial charge in [-0.3, -0.25) is 4.79 Å². The zero-order valence-corrected chi connectivity index (χ0v) is 14.4. The molecule has 0 aliphatic heterocycles.